The molecule has 0 spiro atoms. The van der Waals surface area contributed by atoms with Crippen molar-refractivity contribution in [3.8, 4) is 5.75 Å². The van der Waals surface area contributed by atoms with Gasteiger partial charge in [-0.15, -0.1) is 11.3 Å². The number of aliphatic hydroxyl groups excluding tert-OH is 1. The van der Waals surface area contributed by atoms with Gasteiger partial charge in [0.15, 0.2) is 0 Å². The number of hydrogen-bond acceptors (Lipinski definition) is 4. The van der Waals surface area contributed by atoms with Crippen LogP contribution < -0.4 is 4.74 Å². The van der Waals surface area contributed by atoms with Gasteiger partial charge in [-0.1, -0.05) is 17.7 Å². The summed E-state index contributed by atoms with van der Waals surface area (Å²) in [6, 6.07) is 8.04. The molecular formula is C14H17NO2S. The van der Waals surface area contributed by atoms with E-state index in [4.69, 9.17) is 9.84 Å². The van der Waals surface area contributed by atoms with Gasteiger partial charge >= 0.3 is 0 Å². The Bertz CT molecular complexity index is 479. The van der Waals surface area contributed by atoms with Crippen LogP contribution in [0.2, 0.25) is 0 Å². The van der Waals surface area contributed by atoms with E-state index in [9.17, 15) is 0 Å². The molecule has 2 rings (SSSR count). The zero-order valence-electron chi connectivity index (χ0n) is 10.4. The van der Waals surface area contributed by atoms with E-state index in [1.54, 1.807) is 11.3 Å². The molecule has 0 amide bonds. The zero-order valence-corrected chi connectivity index (χ0v) is 11.2. The Kier molecular flexibility index (Phi) is 4.73. The second-order valence-electron chi connectivity index (χ2n) is 4.12. The maximum absolute atomic E-state index is 8.82. The van der Waals surface area contributed by atoms with Crippen LogP contribution in [0.15, 0.2) is 29.6 Å². The Balaban J connectivity index is 1.79. The quantitative estimate of drug-likeness (QED) is 0.871. The zero-order chi connectivity index (χ0) is 12.8. The highest BCUT2D eigenvalue weighted by Gasteiger charge is 2.02. The van der Waals surface area contributed by atoms with Gasteiger partial charge in [0.05, 0.1) is 17.3 Å². The third kappa shape index (κ3) is 3.82. The molecule has 0 saturated heterocycles. The molecule has 96 valence electrons. The Labute approximate surface area is 111 Å². The Morgan fingerprint density at radius 3 is 2.72 bits per heavy atom. The number of thiazole rings is 1. The van der Waals surface area contributed by atoms with Crippen molar-refractivity contribution in [1.82, 2.24) is 4.98 Å². The lowest BCUT2D eigenvalue weighted by Gasteiger charge is -2.04. The molecule has 4 heteroatoms. The Morgan fingerprint density at radius 1 is 1.22 bits per heavy atom. The van der Waals surface area contributed by atoms with Gasteiger partial charge in [-0.05, 0) is 19.1 Å². The fourth-order valence-corrected chi connectivity index (χ4v) is 2.40. The first-order valence-corrected chi connectivity index (χ1v) is 6.89. The predicted octanol–water partition coefficient (Wildman–Crippen LogP) is 2.61. The van der Waals surface area contributed by atoms with Gasteiger partial charge in [0.2, 0.25) is 0 Å². The van der Waals surface area contributed by atoms with Gasteiger partial charge in [0, 0.05) is 24.8 Å². The second-order valence-corrected chi connectivity index (χ2v) is 5.06. The van der Waals surface area contributed by atoms with Crippen molar-refractivity contribution in [2.24, 2.45) is 0 Å². The summed E-state index contributed by atoms with van der Waals surface area (Å²) in [6.07, 6.45) is 1.44. The molecule has 0 fully saturated rings. The van der Waals surface area contributed by atoms with Gasteiger partial charge in [-0.3, -0.25) is 0 Å². The second kappa shape index (κ2) is 6.52. The molecule has 1 aromatic carbocycles. The normalized spacial score (nSPS) is 10.6. The number of rotatable bonds is 6. The van der Waals surface area contributed by atoms with E-state index in [1.165, 1.54) is 5.56 Å². The number of aryl methyl sites for hydroxylation is 1. The molecule has 0 bridgehead atoms. The molecule has 3 nitrogen and oxygen atoms in total. The highest BCUT2D eigenvalue weighted by Crippen LogP contribution is 2.14. The summed E-state index contributed by atoms with van der Waals surface area (Å²) in [7, 11) is 0. The maximum atomic E-state index is 8.82. The average Bonchev–Trinajstić information content (AvgIpc) is 2.80. The van der Waals surface area contributed by atoms with Crippen LogP contribution in [0, 0.1) is 6.92 Å². The van der Waals surface area contributed by atoms with Crippen LogP contribution in [0.1, 0.15) is 16.3 Å². The van der Waals surface area contributed by atoms with E-state index >= 15 is 0 Å². The summed E-state index contributed by atoms with van der Waals surface area (Å²) in [5.74, 6) is 0.896. The van der Waals surface area contributed by atoms with E-state index in [0.717, 1.165) is 22.9 Å². The predicted molar refractivity (Wildman–Crippen MR) is 73.3 cm³/mol. The summed E-state index contributed by atoms with van der Waals surface area (Å²) < 4.78 is 5.65. The smallest absolute Gasteiger partial charge is 0.119 e. The molecule has 0 aliphatic rings. The van der Waals surface area contributed by atoms with Gasteiger partial charge < -0.3 is 9.84 Å². The Hall–Kier alpha value is -1.39. The number of hydrogen-bond donors (Lipinski definition) is 1. The lowest BCUT2D eigenvalue weighted by atomic mass is 10.2. The van der Waals surface area contributed by atoms with E-state index in [1.807, 2.05) is 29.6 Å². The first-order valence-electron chi connectivity index (χ1n) is 6.01. The van der Waals surface area contributed by atoms with Crippen LogP contribution in [-0.4, -0.2) is 23.3 Å². The number of nitrogens with zero attached hydrogens (tertiary/aromatic N) is 1. The van der Waals surface area contributed by atoms with Gasteiger partial charge in [0.1, 0.15) is 5.75 Å². The molecule has 0 aliphatic heterocycles. The first kappa shape index (κ1) is 13.1. The third-order valence-electron chi connectivity index (χ3n) is 2.57. The van der Waals surface area contributed by atoms with Gasteiger partial charge in [-0.25, -0.2) is 4.98 Å². The highest BCUT2D eigenvalue weighted by molar-refractivity contribution is 7.09. The summed E-state index contributed by atoms with van der Waals surface area (Å²) in [6.45, 7) is 2.85. The van der Waals surface area contributed by atoms with Gasteiger partial charge in [0.25, 0.3) is 0 Å². The Morgan fingerprint density at radius 2 is 2.00 bits per heavy atom. The molecule has 1 aromatic heterocycles. The van der Waals surface area contributed by atoms with E-state index < -0.39 is 0 Å². The molecule has 0 unspecified atom stereocenters. The minimum Gasteiger partial charge on any atom is -0.493 e. The largest absolute Gasteiger partial charge is 0.493 e. The minimum absolute atomic E-state index is 0.156. The van der Waals surface area contributed by atoms with Crippen molar-refractivity contribution in [3.63, 3.8) is 0 Å². The molecule has 0 radical (unpaired) electrons. The van der Waals surface area contributed by atoms with Crippen molar-refractivity contribution < 1.29 is 9.84 Å². The number of aromatic nitrogens is 1. The van der Waals surface area contributed by atoms with E-state index in [0.29, 0.717) is 13.0 Å². The van der Waals surface area contributed by atoms with Gasteiger partial charge in [-0.2, -0.15) is 0 Å². The fourth-order valence-electron chi connectivity index (χ4n) is 1.58. The average molecular weight is 263 g/mol. The molecular weight excluding hydrogens is 246 g/mol. The molecule has 0 saturated carbocycles. The van der Waals surface area contributed by atoms with Crippen molar-refractivity contribution in [1.29, 1.82) is 0 Å². The van der Waals surface area contributed by atoms with Crippen molar-refractivity contribution >= 4 is 11.3 Å². The monoisotopic (exact) mass is 263 g/mol. The number of ether oxygens (including phenoxy) is 1. The lowest BCUT2D eigenvalue weighted by molar-refractivity contribution is 0.298. The van der Waals surface area contributed by atoms with Crippen LogP contribution in [0.25, 0.3) is 0 Å². The SMILES string of the molecule is Cc1ccc(OCCc2nc(CCO)cs2)cc1. The fraction of sp³-hybridized carbons (Fsp3) is 0.357. The van der Waals surface area contributed by atoms with Crippen LogP contribution in [-0.2, 0) is 12.8 Å². The van der Waals surface area contributed by atoms with Crippen molar-refractivity contribution in [3.05, 3.63) is 45.9 Å². The van der Waals surface area contributed by atoms with Crippen LogP contribution >= 0.6 is 11.3 Å². The maximum Gasteiger partial charge on any atom is 0.119 e. The molecule has 18 heavy (non-hydrogen) atoms. The first-order chi connectivity index (χ1) is 8.78. The summed E-state index contributed by atoms with van der Waals surface area (Å²) in [5, 5.41) is 11.9. The minimum atomic E-state index is 0.156. The lowest BCUT2D eigenvalue weighted by Crippen LogP contribution is -2.01. The summed E-state index contributed by atoms with van der Waals surface area (Å²) in [5.41, 5.74) is 2.20. The van der Waals surface area contributed by atoms with Crippen LogP contribution in [0.3, 0.4) is 0 Å². The highest BCUT2D eigenvalue weighted by atomic mass is 32.1. The van der Waals surface area contributed by atoms with Crippen LogP contribution in [0.5, 0.6) is 5.75 Å². The van der Waals surface area contributed by atoms with E-state index in [2.05, 4.69) is 11.9 Å². The van der Waals surface area contributed by atoms with Crippen LogP contribution in [0.4, 0.5) is 0 Å². The number of benzene rings is 1. The molecule has 0 aliphatic carbocycles. The van der Waals surface area contributed by atoms with Crippen molar-refractivity contribution in [2.75, 3.05) is 13.2 Å². The summed E-state index contributed by atoms with van der Waals surface area (Å²) in [4.78, 5) is 4.42. The molecule has 0 atom stereocenters. The van der Waals surface area contributed by atoms with E-state index in [-0.39, 0.29) is 6.61 Å². The topological polar surface area (TPSA) is 42.4 Å². The number of aliphatic hydroxyl groups is 1. The standard InChI is InChI=1S/C14H17NO2S/c1-11-2-4-13(5-3-11)17-9-7-14-15-12(6-8-16)10-18-14/h2-5,10,16H,6-9H2,1H3. The molecule has 1 heterocycles. The third-order valence-corrected chi connectivity index (χ3v) is 3.53. The van der Waals surface area contributed by atoms with Crippen molar-refractivity contribution in [2.45, 2.75) is 19.8 Å². The summed E-state index contributed by atoms with van der Waals surface area (Å²) >= 11 is 1.62. The molecule has 1 N–H and O–H groups in total. The molecule has 2 aromatic rings.